The second kappa shape index (κ2) is 5.91. The average Bonchev–Trinajstić information content (AvgIpc) is 2.68. The van der Waals surface area contributed by atoms with Gasteiger partial charge in [-0.25, -0.2) is 0 Å². The zero-order valence-corrected chi connectivity index (χ0v) is 12.7. The number of thioether (sulfide) groups is 1. The van der Waals surface area contributed by atoms with E-state index in [1.54, 1.807) is 22.6 Å². The Morgan fingerprint density at radius 3 is 2.61 bits per heavy atom. The van der Waals surface area contributed by atoms with Crippen LogP contribution in [-0.2, 0) is 7.05 Å². The van der Waals surface area contributed by atoms with E-state index in [4.69, 9.17) is 0 Å². The number of hydrogen-bond acceptors (Lipinski definition) is 3. The molecule has 18 heavy (non-hydrogen) atoms. The fraction of sp³-hybridized carbons (Fsp3) is 0.308. The van der Waals surface area contributed by atoms with Crippen molar-refractivity contribution >= 4 is 27.7 Å². The number of benzene rings is 1. The quantitative estimate of drug-likeness (QED) is 0.876. The lowest BCUT2D eigenvalue weighted by atomic mass is 10.2. The Hall–Kier alpha value is -0.780. The lowest BCUT2D eigenvalue weighted by molar-refractivity contribution is 0.193. The van der Waals surface area contributed by atoms with E-state index in [2.05, 4.69) is 21.0 Å². The minimum absolute atomic E-state index is 0.494. The number of aliphatic hydroxyl groups is 1. The normalized spacial score (nSPS) is 12.7. The van der Waals surface area contributed by atoms with E-state index in [0.717, 1.165) is 20.6 Å². The van der Waals surface area contributed by atoms with Gasteiger partial charge in [-0.1, -0.05) is 15.9 Å². The van der Waals surface area contributed by atoms with Gasteiger partial charge >= 0.3 is 0 Å². The number of halogens is 1. The molecule has 0 aliphatic heterocycles. The number of rotatable bonds is 4. The number of aliphatic hydroxyl groups excluding tert-OH is 1. The molecule has 0 saturated heterocycles. The van der Waals surface area contributed by atoms with E-state index in [-0.39, 0.29) is 0 Å². The van der Waals surface area contributed by atoms with Crippen molar-refractivity contribution in [1.82, 2.24) is 9.78 Å². The maximum absolute atomic E-state index is 10.2. The third-order valence-electron chi connectivity index (χ3n) is 2.71. The van der Waals surface area contributed by atoms with Crippen LogP contribution < -0.4 is 0 Å². The smallest absolute Gasteiger partial charge is 0.105 e. The summed E-state index contributed by atoms with van der Waals surface area (Å²) in [6.45, 7) is 1.97. The van der Waals surface area contributed by atoms with Crippen LogP contribution in [0.1, 0.15) is 17.4 Å². The Morgan fingerprint density at radius 2 is 2.06 bits per heavy atom. The first-order chi connectivity index (χ1) is 8.58. The van der Waals surface area contributed by atoms with Gasteiger partial charge in [0.05, 0.1) is 11.9 Å². The van der Waals surface area contributed by atoms with Gasteiger partial charge in [0.2, 0.25) is 0 Å². The molecule has 1 N–H and O–H groups in total. The summed E-state index contributed by atoms with van der Waals surface area (Å²) in [5.41, 5.74) is 1.92. The molecule has 5 heteroatoms. The molecular formula is C13H15BrN2OS. The minimum atomic E-state index is -0.494. The second-order valence-corrected chi connectivity index (χ2v) is 6.13. The molecule has 0 radical (unpaired) electrons. The van der Waals surface area contributed by atoms with Crippen molar-refractivity contribution in [3.63, 3.8) is 0 Å². The predicted molar refractivity (Wildman–Crippen MR) is 77.8 cm³/mol. The van der Waals surface area contributed by atoms with Crippen LogP contribution in [0.2, 0.25) is 0 Å². The Bertz CT molecular complexity index is 505. The molecule has 2 rings (SSSR count). The summed E-state index contributed by atoms with van der Waals surface area (Å²) in [5, 5.41) is 14.3. The molecule has 0 saturated carbocycles. The third-order valence-corrected chi connectivity index (χ3v) is 4.33. The van der Waals surface area contributed by atoms with Crippen molar-refractivity contribution in [2.24, 2.45) is 7.05 Å². The Morgan fingerprint density at radius 1 is 1.39 bits per heavy atom. The van der Waals surface area contributed by atoms with E-state index in [0.29, 0.717) is 5.75 Å². The van der Waals surface area contributed by atoms with Crippen LogP contribution >= 0.6 is 27.7 Å². The molecule has 0 bridgehead atoms. The molecule has 1 aromatic carbocycles. The summed E-state index contributed by atoms with van der Waals surface area (Å²) in [5.74, 6) is 0.627. The van der Waals surface area contributed by atoms with Crippen LogP contribution in [0.25, 0.3) is 0 Å². The topological polar surface area (TPSA) is 38.0 Å². The van der Waals surface area contributed by atoms with Crippen molar-refractivity contribution in [1.29, 1.82) is 0 Å². The Kier molecular flexibility index (Phi) is 4.48. The number of hydrogen-bond donors (Lipinski definition) is 1. The van der Waals surface area contributed by atoms with Gasteiger partial charge in [-0.3, -0.25) is 4.68 Å². The first-order valence-electron chi connectivity index (χ1n) is 5.63. The zero-order valence-electron chi connectivity index (χ0n) is 10.3. The molecule has 0 aliphatic rings. The molecule has 1 atom stereocenters. The van der Waals surface area contributed by atoms with Gasteiger partial charge in [-0.2, -0.15) is 5.10 Å². The Balaban J connectivity index is 2.00. The second-order valence-electron chi connectivity index (χ2n) is 4.12. The fourth-order valence-corrected chi connectivity index (χ4v) is 2.92. The van der Waals surface area contributed by atoms with Crippen molar-refractivity contribution in [3.8, 4) is 0 Å². The first-order valence-corrected chi connectivity index (χ1v) is 7.40. The summed E-state index contributed by atoms with van der Waals surface area (Å²) < 4.78 is 2.80. The van der Waals surface area contributed by atoms with Gasteiger partial charge in [-0.05, 0) is 36.8 Å². The maximum atomic E-state index is 10.2. The molecule has 1 unspecified atom stereocenters. The highest BCUT2D eigenvalue weighted by Crippen LogP contribution is 2.26. The van der Waals surface area contributed by atoms with Crippen LogP contribution in [0, 0.1) is 6.92 Å². The standard InChI is InChI=1S/C13H15BrN2OS/c1-9-7-15-16(2)13(9)12(17)8-18-11-5-3-10(14)4-6-11/h3-7,12,17H,8H2,1-2H3. The summed E-state index contributed by atoms with van der Waals surface area (Å²) >= 11 is 5.05. The predicted octanol–water partition coefficient (Wildman–Crippen LogP) is 3.32. The molecule has 0 spiro atoms. The SMILES string of the molecule is Cc1cnn(C)c1C(O)CSc1ccc(Br)cc1. The minimum Gasteiger partial charge on any atom is -0.386 e. The zero-order chi connectivity index (χ0) is 13.1. The molecule has 96 valence electrons. The van der Waals surface area contributed by atoms with Crippen LogP contribution in [0.15, 0.2) is 39.8 Å². The first kappa shape index (κ1) is 13.6. The van der Waals surface area contributed by atoms with Crippen molar-refractivity contribution < 1.29 is 5.11 Å². The molecular weight excluding hydrogens is 312 g/mol. The van der Waals surface area contributed by atoms with Crippen molar-refractivity contribution in [3.05, 3.63) is 46.2 Å². The summed E-state index contributed by atoms with van der Waals surface area (Å²) in [6.07, 6.45) is 1.29. The highest BCUT2D eigenvalue weighted by atomic mass is 79.9. The van der Waals surface area contributed by atoms with Gasteiger partial charge in [0, 0.05) is 22.2 Å². The molecule has 3 nitrogen and oxygen atoms in total. The molecule has 1 aromatic heterocycles. The molecule has 0 fully saturated rings. The number of aromatic nitrogens is 2. The van der Waals surface area contributed by atoms with Gasteiger partial charge in [0.15, 0.2) is 0 Å². The molecule has 0 amide bonds. The molecule has 2 aromatic rings. The summed E-state index contributed by atoms with van der Waals surface area (Å²) in [4.78, 5) is 1.15. The Labute approximate surface area is 119 Å². The monoisotopic (exact) mass is 326 g/mol. The lowest BCUT2D eigenvalue weighted by Crippen LogP contribution is -2.08. The van der Waals surface area contributed by atoms with Crippen molar-refractivity contribution in [2.75, 3.05) is 5.75 Å². The summed E-state index contributed by atoms with van der Waals surface area (Å²) in [6, 6.07) is 8.09. The van der Waals surface area contributed by atoms with E-state index >= 15 is 0 Å². The van der Waals surface area contributed by atoms with E-state index in [1.807, 2.05) is 38.2 Å². The van der Waals surface area contributed by atoms with Gasteiger partial charge in [0.25, 0.3) is 0 Å². The van der Waals surface area contributed by atoms with Crippen LogP contribution in [0.5, 0.6) is 0 Å². The largest absolute Gasteiger partial charge is 0.386 e. The van der Waals surface area contributed by atoms with Gasteiger partial charge in [0.1, 0.15) is 6.10 Å². The van der Waals surface area contributed by atoms with Gasteiger partial charge in [-0.15, -0.1) is 11.8 Å². The highest BCUT2D eigenvalue weighted by Gasteiger charge is 2.15. The highest BCUT2D eigenvalue weighted by molar-refractivity contribution is 9.10. The average molecular weight is 327 g/mol. The molecule has 1 heterocycles. The van der Waals surface area contributed by atoms with Crippen molar-refractivity contribution in [2.45, 2.75) is 17.9 Å². The van der Waals surface area contributed by atoms with E-state index < -0.39 is 6.10 Å². The van der Waals surface area contributed by atoms with Gasteiger partial charge < -0.3 is 5.11 Å². The van der Waals surface area contributed by atoms with Crippen LogP contribution in [-0.4, -0.2) is 20.6 Å². The molecule has 0 aliphatic carbocycles. The number of nitrogens with zero attached hydrogens (tertiary/aromatic N) is 2. The fourth-order valence-electron chi connectivity index (χ4n) is 1.82. The number of aryl methyl sites for hydroxylation is 2. The van der Waals surface area contributed by atoms with Crippen LogP contribution in [0.3, 0.4) is 0 Å². The maximum Gasteiger partial charge on any atom is 0.105 e. The van der Waals surface area contributed by atoms with E-state index in [1.165, 1.54) is 0 Å². The third kappa shape index (κ3) is 3.16. The van der Waals surface area contributed by atoms with Crippen LogP contribution in [0.4, 0.5) is 0 Å². The lowest BCUT2D eigenvalue weighted by Gasteiger charge is -2.12. The van der Waals surface area contributed by atoms with E-state index in [9.17, 15) is 5.11 Å². The summed E-state index contributed by atoms with van der Waals surface area (Å²) in [7, 11) is 1.86.